The van der Waals surface area contributed by atoms with Crippen LogP contribution in [0.3, 0.4) is 0 Å². The summed E-state index contributed by atoms with van der Waals surface area (Å²) in [6.45, 7) is 3.13. The summed E-state index contributed by atoms with van der Waals surface area (Å²) in [5.41, 5.74) is 2.95. The molecule has 1 aromatic carbocycles. The highest BCUT2D eigenvalue weighted by molar-refractivity contribution is 6.30. The molecule has 0 bridgehead atoms. The Balaban J connectivity index is 1.45. The van der Waals surface area contributed by atoms with E-state index in [2.05, 4.69) is 4.90 Å². The molecule has 0 N–H and O–H groups in total. The molecule has 5 heteroatoms. The van der Waals surface area contributed by atoms with Gasteiger partial charge in [0.05, 0.1) is 5.56 Å². The van der Waals surface area contributed by atoms with E-state index in [-0.39, 0.29) is 5.91 Å². The first kappa shape index (κ1) is 15.1. The van der Waals surface area contributed by atoms with E-state index >= 15 is 0 Å². The molecule has 0 spiro atoms. The Morgan fingerprint density at radius 1 is 0.958 bits per heavy atom. The molecular formula is C19H18ClN3O. The van der Waals surface area contributed by atoms with Gasteiger partial charge in [-0.15, -0.1) is 0 Å². The maximum Gasteiger partial charge on any atom is 0.255 e. The topological polar surface area (TPSA) is 28.0 Å². The van der Waals surface area contributed by atoms with E-state index in [4.69, 9.17) is 11.6 Å². The SMILES string of the molecule is O=C(c1cc2ccccn2c1)N1CCN(c2ccc(Cl)cc2)CC1. The van der Waals surface area contributed by atoms with E-state index in [0.29, 0.717) is 0 Å². The van der Waals surface area contributed by atoms with Crippen molar-refractivity contribution in [3.63, 3.8) is 0 Å². The highest BCUT2D eigenvalue weighted by Gasteiger charge is 2.23. The van der Waals surface area contributed by atoms with Crippen molar-refractivity contribution in [3.05, 3.63) is 71.5 Å². The number of rotatable bonds is 2. The van der Waals surface area contributed by atoms with Crippen molar-refractivity contribution >= 4 is 28.7 Å². The molecular weight excluding hydrogens is 322 g/mol. The molecule has 0 aliphatic carbocycles. The first-order chi connectivity index (χ1) is 11.7. The van der Waals surface area contributed by atoms with Gasteiger partial charge in [0, 0.05) is 54.8 Å². The maximum atomic E-state index is 12.7. The number of benzene rings is 1. The number of pyridine rings is 1. The number of fused-ring (bicyclic) bond motifs is 1. The lowest BCUT2D eigenvalue weighted by Gasteiger charge is -2.36. The zero-order valence-corrected chi connectivity index (χ0v) is 14.0. The number of halogens is 1. The molecule has 2 aromatic heterocycles. The molecule has 0 unspecified atom stereocenters. The van der Waals surface area contributed by atoms with Crippen LogP contribution < -0.4 is 4.90 Å². The van der Waals surface area contributed by atoms with Crippen molar-refractivity contribution in [2.75, 3.05) is 31.1 Å². The Kier molecular flexibility index (Phi) is 3.90. The van der Waals surface area contributed by atoms with Crippen LogP contribution in [0.5, 0.6) is 0 Å². The fraction of sp³-hybridized carbons (Fsp3) is 0.211. The van der Waals surface area contributed by atoms with E-state index in [1.165, 1.54) is 0 Å². The number of anilines is 1. The van der Waals surface area contributed by atoms with Crippen LogP contribution in [0.15, 0.2) is 60.9 Å². The van der Waals surface area contributed by atoms with Crippen LogP contribution in [-0.2, 0) is 0 Å². The first-order valence-corrected chi connectivity index (χ1v) is 8.45. The number of carbonyl (C=O) groups is 1. The van der Waals surface area contributed by atoms with Gasteiger partial charge in [-0.05, 0) is 42.5 Å². The zero-order chi connectivity index (χ0) is 16.5. The van der Waals surface area contributed by atoms with Gasteiger partial charge in [-0.1, -0.05) is 17.7 Å². The molecule has 0 saturated carbocycles. The van der Waals surface area contributed by atoms with E-state index in [1.54, 1.807) is 0 Å². The van der Waals surface area contributed by atoms with E-state index in [9.17, 15) is 4.79 Å². The lowest BCUT2D eigenvalue weighted by Crippen LogP contribution is -2.48. The summed E-state index contributed by atoms with van der Waals surface area (Å²) in [5, 5.41) is 0.744. The second kappa shape index (κ2) is 6.21. The fourth-order valence-electron chi connectivity index (χ4n) is 3.17. The normalized spacial score (nSPS) is 15.0. The molecule has 0 atom stereocenters. The predicted molar refractivity (Wildman–Crippen MR) is 97.0 cm³/mol. The lowest BCUT2D eigenvalue weighted by molar-refractivity contribution is 0.0747. The van der Waals surface area contributed by atoms with Gasteiger partial charge < -0.3 is 14.2 Å². The Labute approximate surface area is 145 Å². The summed E-state index contributed by atoms with van der Waals surface area (Å²) in [6, 6.07) is 15.8. The van der Waals surface area contributed by atoms with Gasteiger partial charge >= 0.3 is 0 Å². The lowest BCUT2D eigenvalue weighted by atomic mass is 10.2. The third kappa shape index (κ3) is 2.85. The number of aromatic nitrogens is 1. The average molecular weight is 340 g/mol. The van der Waals surface area contributed by atoms with Gasteiger partial charge in [-0.25, -0.2) is 0 Å². The van der Waals surface area contributed by atoms with Crippen LogP contribution in [0.25, 0.3) is 5.52 Å². The van der Waals surface area contributed by atoms with Gasteiger partial charge in [0.15, 0.2) is 0 Å². The number of hydrogen-bond acceptors (Lipinski definition) is 2. The van der Waals surface area contributed by atoms with Crippen molar-refractivity contribution in [2.24, 2.45) is 0 Å². The summed E-state index contributed by atoms with van der Waals surface area (Å²) in [7, 11) is 0. The van der Waals surface area contributed by atoms with Crippen molar-refractivity contribution in [1.29, 1.82) is 0 Å². The van der Waals surface area contributed by atoms with Crippen molar-refractivity contribution in [1.82, 2.24) is 9.30 Å². The summed E-state index contributed by atoms with van der Waals surface area (Å²) >= 11 is 5.94. The van der Waals surface area contributed by atoms with Crippen molar-refractivity contribution < 1.29 is 4.79 Å². The summed E-state index contributed by atoms with van der Waals surface area (Å²) in [4.78, 5) is 17.0. The van der Waals surface area contributed by atoms with Crippen molar-refractivity contribution in [3.8, 4) is 0 Å². The quantitative estimate of drug-likeness (QED) is 0.714. The fourth-order valence-corrected chi connectivity index (χ4v) is 3.30. The highest BCUT2D eigenvalue weighted by Crippen LogP contribution is 2.20. The second-order valence-corrected chi connectivity index (χ2v) is 6.45. The Hall–Kier alpha value is -2.46. The molecule has 3 aromatic rings. The average Bonchev–Trinajstić information content (AvgIpc) is 3.06. The Morgan fingerprint density at radius 3 is 2.42 bits per heavy atom. The molecule has 1 saturated heterocycles. The zero-order valence-electron chi connectivity index (χ0n) is 13.2. The van der Waals surface area contributed by atoms with Crippen LogP contribution in [-0.4, -0.2) is 41.4 Å². The van der Waals surface area contributed by atoms with Gasteiger partial charge in [-0.2, -0.15) is 0 Å². The third-order valence-corrected chi connectivity index (χ3v) is 4.76. The highest BCUT2D eigenvalue weighted by atomic mass is 35.5. The minimum Gasteiger partial charge on any atom is -0.368 e. The molecule has 1 aliphatic rings. The number of piperazine rings is 1. The molecule has 1 amide bonds. The van der Waals surface area contributed by atoms with Crippen LogP contribution in [0.2, 0.25) is 5.02 Å². The van der Waals surface area contributed by atoms with Crippen LogP contribution in [0.4, 0.5) is 5.69 Å². The molecule has 4 nitrogen and oxygen atoms in total. The van der Waals surface area contributed by atoms with E-state index < -0.39 is 0 Å². The minimum atomic E-state index is 0.106. The number of amides is 1. The van der Waals surface area contributed by atoms with Crippen LogP contribution in [0, 0.1) is 0 Å². The monoisotopic (exact) mass is 339 g/mol. The van der Waals surface area contributed by atoms with Gasteiger partial charge in [-0.3, -0.25) is 4.79 Å². The molecule has 24 heavy (non-hydrogen) atoms. The number of hydrogen-bond donors (Lipinski definition) is 0. The van der Waals surface area contributed by atoms with Gasteiger partial charge in [0.2, 0.25) is 0 Å². The first-order valence-electron chi connectivity index (χ1n) is 8.07. The summed E-state index contributed by atoms with van der Waals surface area (Å²) in [6.07, 6.45) is 3.87. The number of carbonyl (C=O) groups excluding carboxylic acids is 1. The smallest absolute Gasteiger partial charge is 0.255 e. The summed E-state index contributed by atoms with van der Waals surface area (Å²) < 4.78 is 1.98. The van der Waals surface area contributed by atoms with E-state index in [0.717, 1.165) is 48.0 Å². The predicted octanol–water partition coefficient (Wildman–Crippen LogP) is 3.56. The third-order valence-electron chi connectivity index (χ3n) is 4.51. The molecule has 1 fully saturated rings. The van der Waals surface area contributed by atoms with Gasteiger partial charge in [0.25, 0.3) is 5.91 Å². The molecule has 0 radical (unpaired) electrons. The molecule has 3 heterocycles. The standard InChI is InChI=1S/C19H18ClN3O/c20-16-4-6-17(7-5-16)21-9-11-22(12-10-21)19(24)15-13-18-3-1-2-8-23(18)14-15/h1-8,13-14H,9-12H2. The van der Waals surface area contributed by atoms with Crippen LogP contribution in [0.1, 0.15) is 10.4 Å². The van der Waals surface area contributed by atoms with Crippen LogP contribution >= 0.6 is 11.6 Å². The second-order valence-electron chi connectivity index (χ2n) is 6.02. The Bertz CT molecular complexity index is 831. The Morgan fingerprint density at radius 2 is 1.71 bits per heavy atom. The van der Waals surface area contributed by atoms with Gasteiger partial charge in [0.1, 0.15) is 0 Å². The molecule has 122 valence electrons. The van der Waals surface area contributed by atoms with Crippen molar-refractivity contribution in [2.45, 2.75) is 0 Å². The summed E-state index contributed by atoms with van der Waals surface area (Å²) in [5.74, 6) is 0.106. The molecule has 4 rings (SSSR count). The minimum absolute atomic E-state index is 0.106. The largest absolute Gasteiger partial charge is 0.368 e. The maximum absolute atomic E-state index is 12.7. The number of nitrogens with zero attached hydrogens (tertiary/aromatic N) is 3. The molecule has 1 aliphatic heterocycles. The van der Waals surface area contributed by atoms with E-state index in [1.807, 2.05) is 70.2 Å².